The minimum absolute atomic E-state index is 0. The number of Topliss-reactive ketones (excluding diaryl/α,β-unsaturated/α-hetero) is 1. The number of thiazole rings is 1. The zero-order chi connectivity index (χ0) is 13.9. The first kappa shape index (κ1) is 17.0. The second kappa shape index (κ2) is 7.12. The second-order valence-corrected chi connectivity index (χ2v) is 5.67. The topological polar surface area (TPSA) is 94.3 Å². The molecule has 3 N–H and O–H groups in total. The third kappa shape index (κ3) is 3.54. The number of ketones is 1. The van der Waals surface area contributed by atoms with Gasteiger partial charge in [-0.2, -0.15) is 0 Å². The fourth-order valence-electron chi connectivity index (χ4n) is 2.01. The third-order valence-corrected chi connectivity index (χ3v) is 4.41. The minimum atomic E-state index is -0.583. The van der Waals surface area contributed by atoms with Crippen molar-refractivity contribution in [3.05, 3.63) is 11.1 Å². The third-order valence-electron chi connectivity index (χ3n) is 3.40. The van der Waals surface area contributed by atoms with E-state index in [0.717, 1.165) is 0 Å². The van der Waals surface area contributed by atoms with Gasteiger partial charge in [0.05, 0.1) is 16.5 Å². The van der Waals surface area contributed by atoms with Crippen LogP contribution in [0.25, 0.3) is 0 Å². The van der Waals surface area contributed by atoms with Crippen LogP contribution >= 0.6 is 23.7 Å². The Morgan fingerprint density at radius 1 is 1.50 bits per heavy atom. The normalized spacial score (nSPS) is 17.1. The van der Waals surface area contributed by atoms with Crippen molar-refractivity contribution < 1.29 is 14.3 Å². The van der Waals surface area contributed by atoms with Gasteiger partial charge in [0, 0.05) is 26.7 Å². The number of halogens is 1. The molecular weight excluding hydrogens is 302 g/mol. The molecule has 1 aliphatic rings. The molecule has 1 fully saturated rings. The van der Waals surface area contributed by atoms with Crippen LogP contribution in [0.2, 0.25) is 0 Å². The fourth-order valence-corrected chi connectivity index (χ4v) is 2.72. The van der Waals surface area contributed by atoms with Crippen LogP contribution in [0.1, 0.15) is 29.4 Å². The standard InChI is InChI=1S/C12H17N3O3S.ClH/c1-8(16)9-6-14-11(19-9)15-10(17)12(7-13)2-4-18-5-3-12;/h6H,2-5,7,13H2,1H3,(H,14,15,17);1H. The lowest BCUT2D eigenvalue weighted by molar-refractivity contribution is -0.130. The van der Waals surface area contributed by atoms with Gasteiger partial charge in [-0.05, 0) is 12.8 Å². The van der Waals surface area contributed by atoms with Gasteiger partial charge in [-0.15, -0.1) is 12.4 Å². The maximum Gasteiger partial charge on any atom is 0.233 e. The number of amides is 1. The van der Waals surface area contributed by atoms with Crippen LogP contribution in [-0.4, -0.2) is 36.4 Å². The SMILES string of the molecule is CC(=O)c1cnc(NC(=O)C2(CN)CCOCC2)s1.Cl. The maximum absolute atomic E-state index is 12.3. The van der Waals surface area contributed by atoms with Crippen LogP contribution in [0.15, 0.2) is 6.20 Å². The summed E-state index contributed by atoms with van der Waals surface area (Å²) in [6, 6.07) is 0. The number of hydrogen-bond acceptors (Lipinski definition) is 6. The molecule has 0 aliphatic carbocycles. The molecule has 0 unspecified atom stereocenters. The number of nitrogens with zero attached hydrogens (tertiary/aromatic N) is 1. The minimum Gasteiger partial charge on any atom is -0.381 e. The molecular formula is C12H18ClN3O3S. The van der Waals surface area contributed by atoms with E-state index in [4.69, 9.17) is 10.5 Å². The number of anilines is 1. The van der Waals surface area contributed by atoms with Crippen molar-refractivity contribution in [3.8, 4) is 0 Å². The molecule has 6 nitrogen and oxygen atoms in total. The molecule has 1 amide bonds. The number of nitrogens with one attached hydrogen (secondary N) is 1. The molecule has 0 radical (unpaired) electrons. The van der Waals surface area contributed by atoms with E-state index in [1.165, 1.54) is 24.5 Å². The zero-order valence-corrected chi connectivity index (χ0v) is 12.8. The average molecular weight is 320 g/mol. The van der Waals surface area contributed by atoms with Gasteiger partial charge in [-0.1, -0.05) is 11.3 Å². The highest BCUT2D eigenvalue weighted by Crippen LogP contribution is 2.31. The predicted octanol–water partition coefficient (Wildman–Crippen LogP) is 1.46. The Bertz CT molecular complexity index is 486. The van der Waals surface area contributed by atoms with Gasteiger partial charge in [0.25, 0.3) is 0 Å². The van der Waals surface area contributed by atoms with E-state index in [0.29, 0.717) is 36.1 Å². The highest BCUT2D eigenvalue weighted by molar-refractivity contribution is 7.17. The van der Waals surface area contributed by atoms with Gasteiger partial charge in [0.15, 0.2) is 10.9 Å². The Labute approximate surface area is 127 Å². The van der Waals surface area contributed by atoms with Crippen molar-refractivity contribution in [2.45, 2.75) is 19.8 Å². The van der Waals surface area contributed by atoms with E-state index in [9.17, 15) is 9.59 Å². The van der Waals surface area contributed by atoms with Crippen molar-refractivity contribution in [2.24, 2.45) is 11.1 Å². The summed E-state index contributed by atoms with van der Waals surface area (Å²) in [5.74, 6) is -0.194. The van der Waals surface area contributed by atoms with E-state index in [2.05, 4.69) is 10.3 Å². The smallest absolute Gasteiger partial charge is 0.233 e. The molecule has 1 aliphatic heterocycles. The molecule has 112 valence electrons. The summed E-state index contributed by atoms with van der Waals surface area (Å²) >= 11 is 1.18. The van der Waals surface area contributed by atoms with Gasteiger partial charge in [-0.3, -0.25) is 9.59 Å². The quantitative estimate of drug-likeness (QED) is 0.819. The lowest BCUT2D eigenvalue weighted by Crippen LogP contribution is -2.46. The molecule has 1 aromatic heterocycles. The van der Waals surface area contributed by atoms with Crippen molar-refractivity contribution in [2.75, 3.05) is 25.1 Å². The van der Waals surface area contributed by atoms with Crippen LogP contribution in [0.4, 0.5) is 5.13 Å². The maximum atomic E-state index is 12.3. The van der Waals surface area contributed by atoms with E-state index in [1.807, 2.05) is 0 Å². The number of aromatic nitrogens is 1. The van der Waals surface area contributed by atoms with E-state index >= 15 is 0 Å². The highest BCUT2D eigenvalue weighted by atomic mass is 35.5. The Morgan fingerprint density at radius 3 is 2.65 bits per heavy atom. The van der Waals surface area contributed by atoms with Gasteiger partial charge >= 0.3 is 0 Å². The highest BCUT2D eigenvalue weighted by Gasteiger charge is 2.39. The number of nitrogens with two attached hydrogens (primary N) is 1. The van der Waals surface area contributed by atoms with E-state index in [-0.39, 0.29) is 30.6 Å². The van der Waals surface area contributed by atoms with Gasteiger partial charge in [0.2, 0.25) is 5.91 Å². The lowest BCUT2D eigenvalue weighted by atomic mass is 9.79. The summed E-state index contributed by atoms with van der Waals surface area (Å²) in [6.07, 6.45) is 2.70. The van der Waals surface area contributed by atoms with Crippen LogP contribution in [0.5, 0.6) is 0 Å². The predicted molar refractivity (Wildman–Crippen MR) is 79.5 cm³/mol. The first-order valence-electron chi connectivity index (χ1n) is 6.13. The number of carbonyl (C=O) groups excluding carboxylic acids is 2. The molecule has 1 saturated heterocycles. The summed E-state index contributed by atoms with van der Waals surface area (Å²) in [4.78, 5) is 28.1. The molecule has 2 heterocycles. The summed E-state index contributed by atoms with van der Waals surface area (Å²) in [5.41, 5.74) is 5.18. The zero-order valence-electron chi connectivity index (χ0n) is 11.2. The first-order chi connectivity index (χ1) is 9.07. The van der Waals surface area contributed by atoms with Crippen LogP contribution < -0.4 is 11.1 Å². The number of carbonyl (C=O) groups is 2. The molecule has 8 heteroatoms. The van der Waals surface area contributed by atoms with Crippen molar-refractivity contribution in [3.63, 3.8) is 0 Å². The molecule has 0 bridgehead atoms. The first-order valence-corrected chi connectivity index (χ1v) is 6.95. The van der Waals surface area contributed by atoms with Crippen molar-refractivity contribution >= 4 is 40.6 Å². The molecule has 1 aromatic rings. The Kier molecular flexibility index (Phi) is 6.07. The summed E-state index contributed by atoms with van der Waals surface area (Å²) in [6.45, 7) is 2.84. The van der Waals surface area contributed by atoms with Crippen LogP contribution in [0, 0.1) is 5.41 Å². The van der Waals surface area contributed by atoms with Gasteiger partial charge < -0.3 is 15.8 Å². The fraction of sp³-hybridized carbons (Fsp3) is 0.583. The number of ether oxygens (including phenoxy) is 1. The van der Waals surface area contributed by atoms with Crippen LogP contribution in [0.3, 0.4) is 0 Å². The number of rotatable bonds is 4. The monoisotopic (exact) mass is 319 g/mol. The van der Waals surface area contributed by atoms with Gasteiger partial charge in [0.1, 0.15) is 0 Å². The summed E-state index contributed by atoms with van der Waals surface area (Å²) < 4.78 is 5.27. The molecule has 0 atom stereocenters. The lowest BCUT2D eigenvalue weighted by Gasteiger charge is -2.34. The Morgan fingerprint density at radius 2 is 2.15 bits per heavy atom. The molecule has 0 aromatic carbocycles. The average Bonchev–Trinajstić information content (AvgIpc) is 2.88. The van der Waals surface area contributed by atoms with E-state index in [1.54, 1.807) is 0 Å². The summed E-state index contributed by atoms with van der Waals surface area (Å²) in [5, 5.41) is 3.20. The Hall–Kier alpha value is -1.02. The van der Waals surface area contributed by atoms with Crippen molar-refractivity contribution in [1.82, 2.24) is 4.98 Å². The molecule has 20 heavy (non-hydrogen) atoms. The van der Waals surface area contributed by atoms with Crippen LogP contribution in [-0.2, 0) is 9.53 Å². The second-order valence-electron chi connectivity index (χ2n) is 4.64. The Balaban J connectivity index is 0.00000200. The molecule has 0 spiro atoms. The largest absolute Gasteiger partial charge is 0.381 e. The molecule has 2 rings (SSSR count). The molecule has 0 saturated carbocycles. The number of hydrogen-bond donors (Lipinski definition) is 2. The van der Waals surface area contributed by atoms with E-state index < -0.39 is 5.41 Å². The van der Waals surface area contributed by atoms with Crippen molar-refractivity contribution in [1.29, 1.82) is 0 Å². The summed E-state index contributed by atoms with van der Waals surface area (Å²) in [7, 11) is 0. The van der Waals surface area contributed by atoms with Gasteiger partial charge in [-0.25, -0.2) is 4.98 Å².